The summed E-state index contributed by atoms with van der Waals surface area (Å²) in [5, 5.41) is 4.40. The molecule has 2 aromatic rings. The number of hydrogen-bond donors (Lipinski definition) is 0. The molecule has 0 unspecified atom stereocenters. The normalized spacial score (nSPS) is 14.6. The lowest BCUT2D eigenvalue weighted by Crippen LogP contribution is -2.28. The summed E-state index contributed by atoms with van der Waals surface area (Å²) < 4.78 is 6.98. The summed E-state index contributed by atoms with van der Waals surface area (Å²) >= 11 is 0. The number of ether oxygens (including phenoxy) is 1. The molecule has 1 aliphatic heterocycles. The highest BCUT2D eigenvalue weighted by Gasteiger charge is 2.25. The van der Waals surface area contributed by atoms with E-state index in [1.165, 1.54) is 0 Å². The molecule has 0 aliphatic carbocycles. The van der Waals surface area contributed by atoms with Gasteiger partial charge in [-0.15, -0.1) is 0 Å². The van der Waals surface area contributed by atoms with Crippen LogP contribution in [0.3, 0.4) is 0 Å². The summed E-state index contributed by atoms with van der Waals surface area (Å²) in [7, 11) is 1.56. The molecule has 0 bridgehead atoms. The van der Waals surface area contributed by atoms with Crippen LogP contribution in [0.2, 0.25) is 0 Å². The molecule has 2 heterocycles. The van der Waals surface area contributed by atoms with Gasteiger partial charge in [0.15, 0.2) is 11.4 Å². The van der Waals surface area contributed by atoms with Crippen molar-refractivity contribution in [1.29, 1.82) is 0 Å². The Labute approximate surface area is 117 Å². The minimum atomic E-state index is -0.0472. The highest BCUT2D eigenvalue weighted by molar-refractivity contribution is 5.95. The summed E-state index contributed by atoms with van der Waals surface area (Å²) in [5.74, 6) is 0.472. The van der Waals surface area contributed by atoms with Crippen LogP contribution < -0.4 is 4.74 Å². The molecule has 1 aromatic carbocycles. The molecule has 1 aliphatic rings. The number of aromatic nitrogens is 2. The number of benzene rings is 1. The Balaban J connectivity index is 1.94. The third kappa shape index (κ3) is 2.27. The molecule has 0 saturated carbocycles. The van der Waals surface area contributed by atoms with Crippen LogP contribution in [0.1, 0.15) is 23.3 Å². The van der Waals surface area contributed by atoms with Crippen LogP contribution in [0.25, 0.3) is 5.69 Å². The van der Waals surface area contributed by atoms with Gasteiger partial charge < -0.3 is 9.64 Å². The highest BCUT2D eigenvalue weighted by Crippen LogP contribution is 2.22. The van der Waals surface area contributed by atoms with Gasteiger partial charge in [-0.05, 0) is 25.0 Å². The van der Waals surface area contributed by atoms with Crippen LogP contribution in [0.5, 0.6) is 5.75 Å². The van der Waals surface area contributed by atoms with Gasteiger partial charge >= 0.3 is 0 Å². The molecule has 1 aromatic heterocycles. The lowest BCUT2D eigenvalue weighted by Gasteiger charge is -2.13. The number of likely N-dealkylation sites (tertiary alicyclic amines) is 1. The van der Waals surface area contributed by atoms with Crippen molar-refractivity contribution in [1.82, 2.24) is 14.7 Å². The molecule has 0 spiro atoms. The average Bonchev–Trinajstić information content (AvgIpc) is 3.17. The van der Waals surface area contributed by atoms with Crippen molar-refractivity contribution in [3.8, 4) is 11.4 Å². The first-order chi connectivity index (χ1) is 9.79. The Morgan fingerprint density at radius 2 is 1.90 bits per heavy atom. The van der Waals surface area contributed by atoms with E-state index in [2.05, 4.69) is 5.10 Å². The van der Waals surface area contributed by atoms with Crippen LogP contribution >= 0.6 is 0 Å². The van der Waals surface area contributed by atoms with Crippen molar-refractivity contribution < 1.29 is 9.53 Å². The van der Waals surface area contributed by atoms with Gasteiger partial charge in [0.1, 0.15) is 0 Å². The standard InChI is InChI=1S/C15H17N3O2/c1-20-13-11-18(12-7-3-2-4-8-12)16-14(13)15(19)17-9-5-6-10-17/h2-4,7-8,11H,5-6,9-10H2,1H3. The summed E-state index contributed by atoms with van der Waals surface area (Å²) in [6.07, 6.45) is 3.87. The molecule has 5 nitrogen and oxygen atoms in total. The predicted octanol–water partition coefficient (Wildman–Crippen LogP) is 2.12. The number of rotatable bonds is 3. The third-order valence-electron chi connectivity index (χ3n) is 3.52. The highest BCUT2D eigenvalue weighted by atomic mass is 16.5. The Bertz CT molecular complexity index is 601. The topological polar surface area (TPSA) is 47.4 Å². The van der Waals surface area contributed by atoms with Gasteiger partial charge in [-0.3, -0.25) is 4.79 Å². The number of methoxy groups -OCH3 is 1. The first-order valence-corrected chi connectivity index (χ1v) is 6.78. The van der Waals surface area contributed by atoms with Gasteiger partial charge in [0.05, 0.1) is 19.0 Å². The monoisotopic (exact) mass is 271 g/mol. The summed E-state index contributed by atoms with van der Waals surface area (Å²) in [5.41, 5.74) is 1.30. The zero-order chi connectivity index (χ0) is 13.9. The second-order valence-corrected chi connectivity index (χ2v) is 4.83. The summed E-state index contributed by atoms with van der Waals surface area (Å²) in [6.45, 7) is 1.61. The lowest BCUT2D eigenvalue weighted by molar-refractivity contribution is 0.0783. The Morgan fingerprint density at radius 3 is 2.55 bits per heavy atom. The fraction of sp³-hybridized carbons (Fsp3) is 0.333. The summed E-state index contributed by atoms with van der Waals surface area (Å²) in [6, 6.07) is 9.70. The van der Waals surface area contributed by atoms with Crippen LogP contribution in [-0.2, 0) is 0 Å². The molecule has 5 heteroatoms. The maximum Gasteiger partial charge on any atom is 0.278 e. The molecule has 104 valence electrons. The molecule has 0 atom stereocenters. The number of para-hydroxylation sites is 1. The van der Waals surface area contributed by atoms with Crippen LogP contribution in [0, 0.1) is 0 Å². The molecule has 0 N–H and O–H groups in total. The first-order valence-electron chi connectivity index (χ1n) is 6.78. The van der Waals surface area contributed by atoms with Crippen LogP contribution in [-0.4, -0.2) is 40.8 Å². The van der Waals surface area contributed by atoms with E-state index in [0.29, 0.717) is 11.4 Å². The lowest BCUT2D eigenvalue weighted by atomic mass is 10.3. The van der Waals surface area contributed by atoms with Crippen molar-refractivity contribution >= 4 is 5.91 Å². The van der Waals surface area contributed by atoms with Gasteiger partial charge in [-0.2, -0.15) is 5.10 Å². The maximum atomic E-state index is 12.4. The van der Waals surface area contributed by atoms with Gasteiger partial charge in [-0.25, -0.2) is 4.68 Å². The quantitative estimate of drug-likeness (QED) is 0.859. The smallest absolute Gasteiger partial charge is 0.278 e. The van der Waals surface area contributed by atoms with Crippen LogP contribution in [0.4, 0.5) is 0 Å². The second kappa shape index (κ2) is 5.36. The number of nitrogens with zero attached hydrogens (tertiary/aromatic N) is 3. The van der Waals surface area contributed by atoms with Gasteiger partial charge in [0.2, 0.25) is 0 Å². The first kappa shape index (κ1) is 12.7. The van der Waals surface area contributed by atoms with E-state index in [-0.39, 0.29) is 5.91 Å². The van der Waals surface area contributed by atoms with E-state index in [0.717, 1.165) is 31.6 Å². The van der Waals surface area contributed by atoms with Crippen molar-refractivity contribution in [3.05, 3.63) is 42.2 Å². The molecule has 1 amide bonds. The van der Waals surface area contributed by atoms with E-state index in [1.54, 1.807) is 18.0 Å². The predicted molar refractivity (Wildman–Crippen MR) is 75.3 cm³/mol. The number of carbonyl (C=O) groups excluding carboxylic acids is 1. The van der Waals surface area contributed by atoms with Gasteiger partial charge in [-0.1, -0.05) is 18.2 Å². The van der Waals surface area contributed by atoms with E-state index in [4.69, 9.17) is 4.74 Å². The molecular formula is C15H17N3O2. The Kier molecular flexibility index (Phi) is 3.41. The van der Waals surface area contributed by atoms with Gasteiger partial charge in [0.25, 0.3) is 5.91 Å². The molecule has 3 rings (SSSR count). The van der Waals surface area contributed by atoms with Crippen molar-refractivity contribution in [2.75, 3.05) is 20.2 Å². The van der Waals surface area contributed by atoms with Crippen molar-refractivity contribution in [3.63, 3.8) is 0 Å². The largest absolute Gasteiger partial charge is 0.493 e. The average molecular weight is 271 g/mol. The third-order valence-corrected chi connectivity index (χ3v) is 3.52. The molecule has 20 heavy (non-hydrogen) atoms. The van der Waals surface area contributed by atoms with Crippen LogP contribution in [0.15, 0.2) is 36.5 Å². The van der Waals surface area contributed by atoms with E-state index in [1.807, 2.05) is 35.2 Å². The Morgan fingerprint density at radius 1 is 1.20 bits per heavy atom. The SMILES string of the molecule is COc1cn(-c2ccccc2)nc1C(=O)N1CCCC1. The minimum absolute atomic E-state index is 0.0472. The van der Waals surface area contributed by atoms with E-state index in [9.17, 15) is 4.79 Å². The number of carbonyl (C=O) groups is 1. The van der Waals surface area contributed by atoms with Crippen molar-refractivity contribution in [2.45, 2.75) is 12.8 Å². The van der Waals surface area contributed by atoms with E-state index >= 15 is 0 Å². The zero-order valence-electron chi connectivity index (χ0n) is 11.5. The maximum absolute atomic E-state index is 12.4. The molecule has 0 radical (unpaired) electrons. The fourth-order valence-corrected chi connectivity index (χ4v) is 2.44. The van der Waals surface area contributed by atoms with E-state index < -0.39 is 0 Å². The summed E-state index contributed by atoms with van der Waals surface area (Å²) in [4.78, 5) is 14.3. The van der Waals surface area contributed by atoms with Crippen molar-refractivity contribution in [2.24, 2.45) is 0 Å². The van der Waals surface area contributed by atoms with Gasteiger partial charge in [0, 0.05) is 13.1 Å². The fourth-order valence-electron chi connectivity index (χ4n) is 2.44. The Hall–Kier alpha value is -2.30. The minimum Gasteiger partial charge on any atom is -0.493 e. The zero-order valence-corrected chi connectivity index (χ0v) is 11.5. The molecular weight excluding hydrogens is 254 g/mol. The molecule has 1 saturated heterocycles. The molecule has 1 fully saturated rings. The second-order valence-electron chi connectivity index (χ2n) is 4.83. The number of amides is 1. The number of hydrogen-bond acceptors (Lipinski definition) is 3.